The summed E-state index contributed by atoms with van der Waals surface area (Å²) in [7, 11) is 0. The van der Waals surface area contributed by atoms with Gasteiger partial charge in [-0.05, 0) is 25.0 Å². The van der Waals surface area contributed by atoms with Crippen molar-refractivity contribution in [3.05, 3.63) is 24.2 Å². The fourth-order valence-electron chi connectivity index (χ4n) is 1.17. The van der Waals surface area contributed by atoms with Gasteiger partial charge in [0.25, 0.3) is 0 Å². The molecule has 82 valence electrons. The lowest BCUT2D eigenvalue weighted by atomic mass is 10.1. The standard InChI is InChI=1S/C10H13NO4/c12-8(9-5-3-7-15-9)4-1-2-6-11-10(13)14/h3,5,7,11H,1-2,4,6H2,(H,13,14). The van der Waals surface area contributed by atoms with Crippen molar-refractivity contribution in [1.82, 2.24) is 5.32 Å². The molecule has 0 saturated heterocycles. The maximum Gasteiger partial charge on any atom is 0.404 e. The summed E-state index contributed by atoms with van der Waals surface area (Å²) in [5.41, 5.74) is 0. The van der Waals surface area contributed by atoms with Crippen molar-refractivity contribution in [2.24, 2.45) is 0 Å². The second-order valence-electron chi connectivity index (χ2n) is 3.09. The summed E-state index contributed by atoms with van der Waals surface area (Å²) in [6, 6.07) is 3.29. The SMILES string of the molecule is O=C(O)NCCCCC(=O)c1ccco1. The van der Waals surface area contributed by atoms with Crippen molar-refractivity contribution >= 4 is 11.9 Å². The highest BCUT2D eigenvalue weighted by molar-refractivity contribution is 5.93. The van der Waals surface area contributed by atoms with E-state index in [1.807, 2.05) is 0 Å². The molecule has 0 atom stereocenters. The van der Waals surface area contributed by atoms with E-state index in [1.165, 1.54) is 6.26 Å². The zero-order valence-electron chi connectivity index (χ0n) is 8.23. The lowest BCUT2D eigenvalue weighted by Gasteiger charge is -1.99. The van der Waals surface area contributed by atoms with Crippen molar-refractivity contribution in [3.8, 4) is 0 Å². The molecule has 0 aliphatic heterocycles. The molecule has 5 nitrogen and oxygen atoms in total. The van der Waals surface area contributed by atoms with Crippen LogP contribution in [0.15, 0.2) is 22.8 Å². The summed E-state index contributed by atoms with van der Waals surface area (Å²) < 4.78 is 4.93. The van der Waals surface area contributed by atoms with E-state index in [4.69, 9.17) is 9.52 Å². The van der Waals surface area contributed by atoms with E-state index in [-0.39, 0.29) is 5.78 Å². The smallest absolute Gasteiger partial charge is 0.404 e. The Labute approximate surface area is 87.1 Å². The fraction of sp³-hybridized carbons (Fsp3) is 0.400. The van der Waals surface area contributed by atoms with E-state index < -0.39 is 6.09 Å². The van der Waals surface area contributed by atoms with E-state index in [9.17, 15) is 9.59 Å². The predicted octanol–water partition coefficient (Wildman–Crippen LogP) is 1.90. The Hall–Kier alpha value is -1.78. The second kappa shape index (κ2) is 5.85. The highest BCUT2D eigenvalue weighted by Gasteiger charge is 2.07. The minimum Gasteiger partial charge on any atom is -0.465 e. The maximum atomic E-state index is 11.4. The second-order valence-corrected chi connectivity index (χ2v) is 3.09. The van der Waals surface area contributed by atoms with Crippen LogP contribution in [0.4, 0.5) is 4.79 Å². The molecule has 0 spiro atoms. The Kier molecular flexibility index (Phi) is 4.40. The molecule has 5 heteroatoms. The van der Waals surface area contributed by atoms with Gasteiger partial charge in [-0.15, -0.1) is 0 Å². The lowest BCUT2D eigenvalue weighted by molar-refractivity contribution is 0.0952. The molecule has 1 aromatic rings. The Morgan fingerprint density at radius 2 is 2.20 bits per heavy atom. The number of carboxylic acid groups (broad SMARTS) is 1. The Morgan fingerprint density at radius 3 is 2.80 bits per heavy atom. The Bertz CT molecular complexity index is 318. The van der Waals surface area contributed by atoms with Gasteiger partial charge in [-0.2, -0.15) is 0 Å². The van der Waals surface area contributed by atoms with E-state index in [0.717, 1.165) is 0 Å². The van der Waals surface area contributed by atoms with Crippen LogP contribution >= 0.6 is 0 Å². The highest BCUT2D eigenvalue weighted by Crippen LogP contribution is 2.06. The van der Waals surface area contributed by atoms with Crippen LogP contribution in [0.3, 0.4) is 0 Å². The van der Waals surface area contributed by atoms with Gasteiger partial charge in [-0.1, -0.05) is 0 Å². The van der Waals surface area contributed by atoms with E-state index in [0.29, 0.717) is 31.6 Å². The molecule has 0 aliphatic carbocycles. The normalized spacial score (nSPS) is 9.87. The molecule has 1 heterocycles. The van der Waals surface area contributed by atoms with E-state index >= 15 is 0 Å². The van der Waals surface area contributed by atoms with Gasteiger partial charge < -0.3 is 14.8 Å². The first kappa shape index (κ1) is 11.3. The first-order valence-electron chi connectivity index (χ1n) is 4.73. The van der Waals surface area contributed by atoms with Gasteiger partial charge in [0, 0.05) is 13.0 Å². The highest BCUT2D eigenvalue weighted by atomic mass is 16.4. The van der Waals surface area contributed by atoms with Crippen LogP contribution in [0, 0.1) is 0 Å². The summed E-state index contributed by atoms with van der Waals surface area (Å²) in [5.74, 6) is 0.316. The number of carbonyl (C=O) groups excluding carboxylic acids is 1. The molecule has 0 aromatic carbocycles. The van der Waals surface area contributed by atoms with Crippen LogP contribution in [0.25, 0.3) is 0 Å². The molecule has 1 aromatic heterocycles. The number of furan rings is 1. The summed E-state index contributed by atoms with van der Waals surface area (Å²) in [6.07, 6.45) is 2.11. The third kappa shape index (κ3) is 4.30. The molecule has 15 heavy (non-hydrogen) atoms. The van der Waals surface area contributed by atoms with Crippen molar-refractivity contribution in [2.45, 2.75) is 19.3 Å². The Balaban J connectivity index is 2.10. The third-order valence-electron chi connectivity index (χ3n) is 1.90. The number of unbranched alkanes of at least 4 members (excludes halogenated alkanes) is 1. The van der Waals surface area contributed by atoms with E-state index in [1.54, 1.807) is 12.1 Å². The first-order chi connectivity index (χ1) is 7.20. The predicted molar refractivity (Wildman–Crippen MR) is 52.9 cm³/mol. The average molecular weight is 211 g/mol. The molecule has 0 fully saturated rings. The van der Waals surface area contributed by atoms with Gasteiger partial charge in [0.1, 0.15) is 0 Å². The monoisotopic (exact) mass is 211 g/mol. The van der Waals surface area contributed by atoms with Crippen LogP contribution in [0.2, 0.25) is 0 Å². The summed E-state index contributed by atoms with van der Waals surface area (Å²) in [5, 5.41) is 10.5. The lowest BCUT2D eigenvalue weighted by Crippen LogP contribution is -2.21. The molecular weight excluding hydrogens is 198 g/mol. The molecular formula is C10H13NO4. The minimum absolute atomic E-state index is 0.0460. The van der Waals surface area contributed by atoms with Crippen molar-refractivity contribution < 1.29 is 19.1 Å². The maximum absolute atomic E-state index is 11.4. The van der Waals surface area contributed by atoms with Gasteiger partial charge in [-0.25, -0.2) is 4.79 Å². The first-order valence-corrected chi connectivity index (χ1v) is 4.73. The van der Waals surface area contributed by atoms with Gasteiger partial charge in [0.15, 0.2) is 11.5 Å². The Morgan fingerprint density at radius 1 is 1.40 bits per heavy atom. The number of nitrogens with one attached hydrogen (secondary N) is 1. The van der Waals surface area contributed by atoms with Crippen LogP contribution in [0.5, 0.6) is 0 Å². The number of rotatable bonds is 6. The van der Waals surface area contributed by atoms with Gasteiger partial charge in [-0.3, -0.25) is 4.79 Å². The molecule has 0 radical (unpaired) electrons. The van der Waals surface area contributed by atoms with E-state index in [2.05, 4.69) is 5.32 Å². The van der Waals surface area contributed by atoms with Crippen molar-refractivity contribution in [3.63, 3.8) is 0 Å². The average Bonchev–Trinajstić information content (AvgIpc) is 2.69. The van der Waals surface area contributed by atoms with Gasteiger partial charge >= 0.3 is 6.09 Å². The summed E-state index contributed by atoms with van der Waals surface area (Å²) in [4.78, 5) is 21.5. The minimum atomic E-state index is -1.03. The number of amides is 1. The van der Waals surface area contributed by atoms with Crippen LogP contribution in [-0.2, 0) is 0 Å². The zero-order valence-corrected chi connectivity index (χ0v) is 8.23. The van der Waals surface area contributed by atoms with Crippen molar-refractivity contribution in [2.75, 3.05) is 6.54 Å². The topological polar surface area (TPSA) is 79.5 Å². The number of hydrogen-bond donors (Lipinski definition) is 2. The number of hydrogen-bond acceptors (Lipinski definition) is 3. The van der Waals surface area contributed by atoms with Gasteiger partial charge in [0.05, 0.1) is 6.26 Å². The van der Waals surface area contributed by atoms with Crippen LogP contribution in [0.1, 0.15) is 29.8 Å². The molecule has 0 unspecified atom stereocenters. The zero-order chi connectivity index (χ0) is 11.1. The summed E-state index contributed by atoms with van der Waals surface area (Å²) >= 11 is 0. The molecule has 0 aliphatic rings. The third-order valence-corrected chi connectivity index (χ3v) is 1.90. The summed E-state index contributed by atoms with van der Waals surface area (Å²) in [6.45, 7) is 0.376. The molecule has 1 amide bonds. The molecule has 2 N–H and O–H groups in total. The molecule has 0 bridgehead atoms. The van der Waals surface area contributed by atoms with Crippen LogP contribution < -0.4 is 5.32 Å². The van der Waals surface area contributed by atoms with Gasteiger partial charge in [0.2, 0.25) is 0 Å². The number of ketones is 1. The number of carbonyl (C=O) groups is 2. The molecule has 0 saturated carbocycles. The molecule has 1 rings (SSSR count). The van der Waals surface area contributed by atoms with Crippen molar-refractivity contribution in [1.29, 1.82) is 0 Å². The number of Topliss-reactive ketones (excluding diaryl/α,β-unsaturated/α-hetero) is 1. The largest absolute Gasteiger partial charge is 0.465 e. The quantitative estimate of drug-likeness (QED) is 0.556. The fourth-order valence-corrected chi connectivity index (χ4v) is 1.17. The van der Waals surface area contributed by atoms with Crippen LogP contribution in [-0.4, -0.2) is 23.5 Å².